The van der Waals surface area contributed by atoms with Crippen LogP contribution >= 0.6 is 11.6 Å². The van der Waals surface area contributed by atoms with Gasteiger partial charge in [-0.15, -0.1) is 11.6 Å². The second-order valence-electron chi connectivity index (χ2n) is 7.91. The van der Waals surface area contributed by atoms with Crippen molar-refractivity contribution in [2.75, 3.05) is 5.88 Å². The topological polar surface area (TPSA) is 0 Å². The first-order valence-electron chi connectivity index (χ1n) is 9.21. The van der Waals surface area contributed by atoms with Gasteiger partial charge in [0.2, 0.25) is 0 Å². The molecule has 0 nitrogen and oxygen atoms in total. The molecule has 0 aromatic rings. The standard InChI is InChI=1S/C20H37Cl/c1-6-15(2)10-16(3)11-17(4)12-19-9-7-8-18(5)20(13-19)14-21/h13,15-18,20H,6-12,14H2,1-5H3/t15?,16?,17?,18-,20?/m1/s1. The molecular weight excluding hydrogens is 276 g/mol. The van der Waals surface area contributed by atoms with Gasteiger partial charge in [-0.05, 0) is 68.1 Å². The fourth-order valence-corrected chi connectivity index (χ4v) is 4.34. The van der Waals surface area contributed by atoms with Crippen molar-refractivity contribution in [2.45, 2.75) is 79.6 Å². The van der Waals surface area contributed by atoms with Gasteiger partial charge in [-0.2, -0.15) is 0 Å². The lowest BCUT2D eigenvalue weighted by Crippen LogP contribution is -2.10. The van der Waals surface area contributed by atoms with E-state index in [1.165, 1.54) is 44.9 Å². The normalized spacial score (nSPS) is 27.6. The molecule has 0 spiro atoms. The molecule has 0 bridgehead atoms. The molecule has 0 aromatic carbocycles. The van der Waals surface area contributed by atoms with Crippen molar-refractivity contribution in [1.82, 2.24) is 0 Å². The number of rotatable bonds is 8. The minimum absolute atomic E-state index is 0.605. The maximum absolute atomic E-state index is 6.16. The molecule has 1 aliphatic carbocycles. The fourth-order valence-electron chi connectivity index (χ4n) is 3.95. The SMILES string of the molecule is CCC(C)CC(C)CC(C)CC1=CC(CCl)[C@H](C)CCC1. The molecule has 1 aliphatic rings. The number of alkyl halides is 1. The minimum atomic E-state index is 0.605. The Morgan fingerprint density at radius 1 is 1.14 bits per heavy atom. The summed E-state index contributed by atoms with van der Waals surface area (Å²) in [5, 5.41) is 0. The van der Waals surface area contributed by atoms with Crippen LogP contribution in [0.1, 0.15) is 79.6 Å². The van der Waals surface area contributed by atoms with Gasteiger partial charge >= 0.3 is 0 Å². The third-order valence-electron chi connectivity index (χ3n) is 5.43. The smallest absolute Gasteiger partial charge is 0.0289 e. The van der Waals surface area contributed by atoms with Gasteiger partial charge in [-0.25, -0.2) is 0 Å². The lowest BCUT2D eigenvalue weighted by atomic mass is 9.85. The van der Waals surface area contributed by atoms with Gasteiger partial charge < -0.3 is 0 Å². The van der Waals surface area contributed by atoms with Crippen molar-refractivity contribution in [3.05, 3.63) is 11.6 Å². The molecule has 0 fully saturated rings. The average molecular weight is 313 g/mol. The maximum atomic E-state index is 6.16. The maximum Gasteiger partial charge on any atom is 0.0289 e. The highest BCUT2D eigenvalue weighted by Gasteiger charge is 2.20. The zero-order valence-electron chi connectivity index (χ0n) is 15.0. The van der Waals surface area contributed by atoms with Crippen molar-refractivity contribution in [2.24, 2.45) is 29.6 Å². The van der Waals surface area contributed by atoms with E-state index in [4.69, 9.17) is 11.6 Å². The molecule has 0 amide bonds. The average Bonchev–Trinajstić information content (AvgIpc) is 2.59. The summed E-state index contributed by atoms with van der Waals surface area (Å²) < 4.78 is 0. The van der Waals surface area contributed by atoms with Crippen LogP contribution in [0.25, 0.3) is 0 Å². The van der Waals surface area contributed by atoms with Gasteiger partial charge in [0.15, 0.2) is 0 Å². The van der Waals surface area contributed by atoms with E-state index in [1.54, 1.807) is 5.57 Å². The van der Waals surface area contributed by atoms with Crippen LogP contribution in [0.3, 0.4) is 0 Å². The van der Waals surface area contributed by atoms with E-state index in [1.807, 2.05) is 0 Å². The predicted molar refractivity (Wildman–Crippen MR) is 96.9 cm³/mol. The Labute approximate surface area is 138 Å². The molecule has 0 saturated carbocycles. The number of hydrogen-bond donors (Lipinski definition) is 0. The van der Waals surface area contributed by atoms with Crippen LogP contribution in [0.5, 0.6) is 0 Å². The van der Waals surface area contributed by atoms with Gasteiger partial charge in [0.05, 0.1) is 0 Å². The molecule has 5 atom stereocenters. The summed E-state index contributed by atoms with van der Waals surface area (Å²) in [6.45, 7) is 11.9. The van der Waals surface area contributed by atoms with Crippen molar-refractivity contribution in [3.63, 3.8) is 0 Å². The Morgan fingerprint density at radius 2 is 1.81 bits per heavy atom. The molecule has 0 N–H and O–H groups in total. The van der Waals surface area contributed by atoms with Crippen molar-refractivity contribution in [1.29, 1.82) is 0 Å². The van der Waals surface area contributed by atoms with Crippen molar-refractivity contribution < 1.29 is 0 Å². The first-order valence-corrected chi connectivity index (χ1v) is 9.75. The second-order valence-corrected chi connectivity index (χ2v) is 8.22. The van der Waals surface area contributed by atoms with E-state index in [-0.39, 0.29) is 0 Å². The summed E-state index contributed by atoms with van der Waals surface area (Å²) in [6, 6.07) is 0. The van der Waals surface area contributed by atoms with Crippen LogP contribution in [0.15, 0.2) is 11.6 Å². The third-order valence-corrected chi connectivity index (χ3v) is 5.79. The Bertz CT molecular complexity index is 307. The molecule has 0 aliphatic heterocycles. The Kier molecular flexibility index (Phi) is 9.02. The molecule has 124 valence electrons. The lowest BCUT2D eigenvalue weighted by Gasteiger charge is -2.21. The minimum Gasteiger partial charge on any atom is -0.126 e. The summed E-state index contributed by atoms with van der Waals surface area (Å²) >= 11 is 6.16. The molecule has 0 aromatic heterocycles. The largest absolute Gasteiger partial charge is 0.126 e. The molecule has 21 heavy (non-hydrogen) atoms. The Hall–Kier alpha value is 0.0300. The number of hydrogen-bond acceptors (Lipinski definition) is 0. The molecule has 0 heterocycles. The van der Waals surface area contributed by atoms with Crippen LogP contribution in [-0.2, 0) is 0 Å². The predicted octanol–water partition coefficient (Wildman–Crippen LogP) is 7.08. The third kappa shape index (κ3) is 7.22. The lowest BCUT2D eigenvalue weighted by molar-refractivity contribution is 0.336. The Morgan fingerprint density at radius 3 is 2.43 bits per heavy atom. The molecular formula is C20H37Cl. The van der Waals surface area contributed by atoms with E-state index >= 15 is 0 Å². The van der Waals surface area contributed by atoms with E-state index in [2.05, 4.69) is 40.7 Å². The molecule has 1 heteroatoms. The van der Waals surface area contributed by atoms with E-state index in [0.29, 0.717) is 5.92 Å². The van der Waals surface area contributed by atoms with Gasteiger partial charge in [0.25, 0.3) is 0 Å². The summed E-state index contributed by atoms with van der Waals surface area (Å²) in [5.41, 5.74) is 1.69. The van der Waals surface area contributed by atoms with Crippen molar-refractivity contribution in [3.8, 4) is 0 Å². The summed E-state index contributed by atoms with van der Waals surface area (Å²) in [7, 11) is 0. The van der Waals surface area contributed by atoms with Gasteiger partial charge in [-0.3, -0.25) is 0 Å². The highest BCUT2D eigenvalue weighted by molar-refractivity contribution is 6.18. The molecule has 0 saturated heterocycles. The van der Waals surface area contributed by atoms with Crippen LogP contribution in [0.2, 0.25) is 0 Å². The molecule has 4 unspecified atom stereocenters. The molecule has 1 rings (SSSR count). The quantitative estimate of drug-likeness (QED) is 0.332. The first-order chi connectivity index (χ1) is 9.96. The van der Waals surface area contributed by atoms with E-state index in [0.717, 1.165) is 29.6 Å². The first kappa shape index (κ1) is 19.1. The van der Waals surface area contributed by atoms with Crippen LogP contribution < -0.4 is 0 Å². The highest BCUT2D eigenvalue weighted by atomic mass is 35.5. The monoisotopic (exact) mass is 312 g/mol. The van der Waals surface area contributed by atoms with Crippen LogP contribution in [0.4, 0.5) is 0 Å². The molecule has 0 radical (unpaired) electrons. The van der Waals surface area contributed by atoms with Gasteiger partial charge in [0.1, 0.15) is 0 Å². The number of halogens is 1. The van der Waals surface area contributed by atoms with Crippen LogP contribution in [0, 0.1) is 29.6 Å². The van der Waals surface area contributed by atoms with E-state index in [9.17, 15) is 0 Å². The zero-order chi connectivity index (χ0) is 15.8. The van der Waals surface area contributed by atoms with Crippen molar-refractivity contribution >= 4 is 11.6 Å². The fraction of sp³-hybridized carbons (Fsp3) is 0.900. The van der Waals surface area contributed by atoms with Crippen LogP contribution in [-0.4, -0.2) is 5.88 Å². The summed E-state index contributed by atoms with van der Waals surface area (Å²) in [6.07, 6.45) is 11.9. The van der Waals surface area contributed by atoms with E-state index < -0.39 is 0 Å². The summed E-state index contributed by atoms with van der Waals surface area (Å²) in [5.74, 6) is 4.73. The van der Waals surface area contributed by atoms with Gasteiger partial charge in [-0.1, -0.05) is 52.7 Å². The highest BCUT2D eigenvalue weighted by Crippen LogP contribution is 2.32. The van der Waals surface area contributed by atoms with Gasteiger partial charge in [0, 0.05) is 5.88 Å². The second kappa shape index (κ2) is 9.93. The Balaban J connectivity index is 2.47. The number of allylic oxidation sites excluding steroid dienone is 2. The zero-order valence-corrected chi connectivity index (χ0v) is 15.8. The summed E-state index contributed by atoms with van der Waals surface area (Å²) in [4.78, 5) is 0.